The highest BCUT2D eigenvalue weighted by molar-refractivity contribution is 9.10. The van der Waals surface area contributed by atoms with Crippen LogP contribution in [0.3, 0.4) is 0 Å². The number of aromatic nitrogens is 1. The number of carbonyl (C=O) groups excluding carboxylic acids is 1. The van der Waals surface area contributed by atoms with Crippen LogP contribution in [-0.4, -0.2) is 17.4 Å². The maximum absolute atomic E-state index is 12.5. The van der Waals surface area contributed by atoms with Crippen molar-refractivity contribution in [3.05, 3.63) is 51.8 Å². The first-order chi connectivity index (χ1) is 10.0. The first-order valence-corrected chi connectivity index (χ1v) is 7.58. The summed E-state index contributed by atoms with van der Waals surface area (Å²) in [6, 6.07) is 5.77. The van der Waals surface area contributed by atoms with Crippen molar-refractivity contribution < 1.29 is 4.79 Å². The maximum atomic E-state index is 12.5. The Hall–Kier alpha value is -1.88. The van der Waals surface area contributed by atoms with Gasteiger partial charge in [-0.1, -0.05) is 15.9 Å². The molecule has 0 bridgehead atoms. The van der Waals surface area contributed by atoms with Gasteiger partial charge in [-0.05, 0) is 50.1 Å². The van der Waals surface area contributed by atoms with E-state index in [2.05, 4.69) is 31.5 Å². The fraction of sp³-hybridized carbons (Fsp3) is 0.250. The third-order valence-corrected chi connectivity index (χ3v) is 3.63. The van der Waals surface area contributed by atoms with Gasteiger partial charge in [0, 0.05) is 29.1 Å². The van der Waals surface area contributed by atoms with Gasteiger partial charge in [0.2, 0.25) is 0 Å². The molecular weight excluding hydrogens is 330 g/mol. The lowest BCUT2D eigenvalue weighted by Crippen LogP contribution is -2.16. The maximum Gasteiger partial charge on any atom is 0.259 e. The van der Waals surface area contributed by atoms with Crippen LogP contribution < -0.4 is 10.6 Å². The number of hydrogen-bond acceptors (Lipinski definition) is 3. The van der Waals surface area contributed by atoms with E-state index in [4.69, 9.17) is 0 Å². The van der Waals surface area contributed by atoms with Crippen LogP contribution in [0.2, 0.25) is 0 Å². The topological polar surface area (TPSA) is 54.0 Å². The van der Waals surface area contributed by atoms with E-state index in [1.807, 2.05) is 32.9 Å². The molecule has 0 fully saturated rings. The summed E-state index contributed by atoms with van der Waals surface area (Å²) in [5, 5.41) is 6.15. The molecule has 1 heterocycles. The normalized spacial score (nSPS) is 10.3. The van der Waals surface area contributed by atoms with E-state index in [0.29, 0.717) is 5.56 Å². The predicted molar refractivity (Wildman–Crippen MR) is 90.0 cm³/mol. The highest BCUT2D eigenvalue weighted by Crippen LogP contribution is 2.26. The fourth-order valence-corrected chi connectivity index (χ4v) is 2.90. The number of nitrogens with one attached hydrogen (secondary N) is 2. The summed E-state index contributed by atoms with van der Waals surface area (Å²) in [6.45, 7) is 6.69. The van der Waals surface area contributed by atoms with Gasteiger partial charge in [0.1, 0.15) is 0 Å². The van der Waals surface area contributed by atoms with Gasteiger partial charge in [-0.25, -0.2) is 0 Å². The first kappa shape index (κ1) is 15.5. The number of nitrogens with zero attached hydrogens (tertiary/aromatic N) is 1. The monoisotopic (exact) mass is 347 g/mol. The predicted octanol–water partition coefficient (Wildman–Crippen LogP) is 4.15. The van der Waals surface area contributed by atoms with E-state index in [1.165, 1.54) is 0 Å². The Kier molecular flexibility index (Phi) is 4.96. The molecule has 0 aliphatic heterocycles. The van der Waals surface area contributed by atoms with Crippen molar-refractivity contribution in [3.63, 3.8) is 0 Å². The Balaban J connectivity index is 2.31. The lowest BCUT2D eigenvalue weighted by atomic mass is 10.1. The van der Waals surface area contributed by atoms with Crippen LogP contribution in [0.25, 0.3) is 0 Å². The molecule has 1 amide bonds. The smallest absolute Gasteiger partial charge is 0.259 e. The van der Waals surface area contributed by atoms with Gasteiger partial charge in [0.25, 0.3) is 5.91 Å². The molecule has 0 aliphatic carbocycles. The van der Waals surface area contributed by atoms with E-state index >= 15 is 0 Å². The Morgan fingerprint density at radius 2 is 1.95 bits per heavy atom. The molecule has 0 radical (unpaired) electrons. The molecule has 2 aromatic rings. The molecule has 2 N–H and O–H groups in total. The Labute approximate surface area is 133 Å². The van der Waals surface area contributed by atoms with Crippen molar-refractivity contribution >= 4 is 33.2 Å². The van der Waals surface area contributed by atoms with Gasteiger partial charge in [-0.15, -0.1) is 0 Å². The van der Waals surface area contributed by atoms with Crippen molar-refractivity contribution in [1.82, 2.24) is 4.98 Å². The van der Waals surface area contributed by atoms with Crippen molar-refractivity contribution in [2.24, 2.45) is 0 Å². The Morgan fingerprint density at radius 3 is 2.57 bits per heavy atom. The standard InChI is InChI=1S/C16H18BrN3O/c1-4-19-14-5-6-18-9-13(14)16(21)20-15-10(2)7-12(17)8-11(15)3/h5-9H,4H2,1-3H3,(H,18,19)(H,20,21). The lowest BCUT2D eigenvalue weighted by molar-refractivity contribution is 0.102. The minimum absolute atomic E-state index is 0.160. The zero-order valence-corrected chi connectivity index (χ0v) is 13.9. The van der Waals surface area contributed by atoms with Gasteiger partial charge in [0.05, 0.1) is 11.3 Å². The van der Waals surface area contributed by atoms with E-state index < -0.39 is 0 Å². The molecule has 0 saturated heterocycles. The van der Waals surface area contributed by atoms with Crippen molar-refractivity contribution in [2.45, 2.75) is 20.8 Å². The summed E-state index contributed by atoms with van der Waals surface area (Å²) in [7, 11) is 0. The van der Waals surface area contributed by atoms with Crippen molar-refractivity contribution in [2.75, 3.05) is 17.2 Å². The molecule has 0 saturated carbocycles. The van der Waals surface area contributed by atoms with E-state index in [-0.39, 0.29) is 5.91 Å². The van der Waals surface area contributed by atoms with Gasteiger partial charge in [0.15, 0.2) is 0 Å². The summed E-state index contributed by atoms with van der Waals surface area (Å²) < 4.78 is 1.00. The number of pyridine rings is 1. The molecule has 0 atom stereocenters. The van der Waals surface area contributed by atoms with Gasteiger partial charge in [-0.2, -0.15) is 0 Å². The number of benzene rings is 1. The second-order valence-electron chi connectivity index (χ2n) is 4.82. The van der Waals surface area contributed by atoms with Gasteiger partial charge < -0.3 is 10.6 Å². The summed E-state index contributed by atoms with van der Waals surface area (Å²) in [4.78, 5) is 16.5. The summed E-state index contributed by atoms with van der Waals surface area (Å²) >= 11 is 3.46. The van der Waals surface area contributed by atoms with E-state index in [0.717, 1.165) is 33.5 Å². The molecule has 0 unspecified atom stereocenters. The number of aryl methyl sites for hydroxylation is 2. The average molecular weight is 348 g/mol. The van der Waals surface area contributed by atoms with Crippen LogP contribution in [0.5, 0.6) is 0 Å². The number of anilines is 2. The van der Waals surface area contributed by atoms with Crippen LogP contribution in [0.1, 0.15) is 28.4 Å². The number of rotatable bonds is 4. The summed E-state index contributed by atoms with van der Waals surface area (Å²) in [5.41, 5.74) is 4.21. The van der Waals surface area contributed by atoms with Gasteiger partial charge in [-0.3, -0.25) is 9.78 Å². The molecule has 1 aromatic heterocycles. The average Bonchev–Trinajstić information content (AvgIpc) is 2.43. The van der Waals surface area contributed by atoms with E-state index in [1.54, 1.807) is 18.5 Å². The van der Waals surface area contributed by atoms with Crippen LogP contribution in [0.4, 0.5) is 11.4 Å². The van der Waals surface area contributed by atoms with Gasteiger partial charge >= 0.3 is 0 Å². The Bertz CT molecular complexity index is 647. The molecule has 110 valence electrons. The number of amides is 1. The lowest BCUT2D eigenvalue weighted by Gasteiger charge is -2.14. The second-order valence-corrected chi connectivity index (χ2v) is 5.74. The van der Waals surface area contributed by atoms with Crippen LogP contribution in [0, 0.1) is 13.8 Å². The van der Waals surface area contributed by atoms with E-state index in [9.17, 15) is 4.79 Å². The highest BCUT2D eigenvalue weighted by Gasteiger charge is 2.14. The molecule has 4 nitrogen and oxygen atoms in total. The number of hydrogen-bond donors (Lipinski definition) is 2. The summed E-state index contributed by atoms with van der Waals surface area (Å²) in [6.07, 6.45) is 3.25. The molecule has 5 heteroatoms. The van der Waals surface area contributed by atoms with Crippen molar-refractivity contribution in [3.8, 4) is 0 Å². The molecule has 2 rings (SSSR count). The minimum atomic E-state index is -0.160. The number of carbonyl (C=O) groups is 1. The Morgan fingerprint density at radius 1 is 1.29 bits per heavy atom. The fourth-order valence-electron chi connectivity index (χ4n) is 2.21. The van der Waals surface area contributed by atoms with Crippen LogP contribution in [0.15, 0.2) is 35.1 Å². The largest absolute Gasteiger partial charge is 0.385 e. The highest BCUT2D eigenvalue weighted by atomic mass is 79.9. The quantitative estimate of drug-likeness (QED) is 0.873. The third-order valence-electron chi connectivity index (χ3n) is 3.17. The van der Waals surface area contributed by atoms with Crippen LogP contribution in [-0.2, 0) is 0 Å². The minimum Gasteiger partial charge on any atom is -0.385 e. The molecule has 0 spiro atoms. The zero-order valence-electron chi connectivity index (χ0n) is 12.3. The SMILES string of the molecule is CCNc1ccncc1C(=O)Nc1c(C)cc(Br)cc1C. The summed E-state index contributed by atoms with van der Waals surface area (Å²) in [5.74, 6) is -0.160. The zero-order chi connectivity index (χ0) is 15.4. The van der Waals surface area contributed by atoms with Crippen LogP contribution >= 0.6 is 15.9 Å². The van der Waals surface area contributed by atoms with Crippen molar-refractivity contribution in [1.29, 1.82) is 0 Å². The molecule has 1 aromatic carbocycles. The molecule has 0 aliphatic rings. The molecular formula is C16H18BrN3O. The second kappa shape index (κ2) is 6.72. The third kappa shape index (κ3) is 3.61. The first-order valence-electron chi connectivity index (χ1n) is 6.79. The molecule has 21 heavy (non-hydrogen) atoms. The number of halogens is 1.